The highest BCUT2D eigenvalue weighted by atomic mass is 35.5. The number of thiophene rings is 1. The molecule has 1 aromatic heterocycles. The maximum Gasteiger partial charge on any atom is 0.348 e. The van der Waals surface area contributed by atoms with E-state index in [0.29, 0.717) is 27.3 Å². The Balaban J connectivity index is 1.95. The zero-order valence-electron chi connectivity index (χ0n) is 13.6. The molecule has 2 rings (SSSR count). The second-order valence-corrected chi connectivity index (χ2v) is 6.58. The lowest BCUT2D eigenvalue weighted by Gasteiger charge is -2.09. The monoisotopic (exact) mass is 367 g/mol. The Labute approximate surface area is 149 Å². The molecule has 1 N–H and O–H groups in total. The van der Waals surface area contributed by atoms with Crippen molar-refractivity contribution in [3.63, 3.8) is 0 Å². The minimum atomic E-state index is -0.381. The largest absolute Gasteiger partial charge is 0.483 e. The summed E-state index contributed by atoms with van der Waals surface area (Å²) in [4.78, 5) is 24.3. The summed E-state index contributed by atoms with van der Waals surface area (Å²) in [6.45, 7) is 5.58. The molecule has 1 heterocycles. The molecule has 0 aliphatic heterocycles. The Kier molecular flexibility index (Phi) is 6.23. The summed E-state index contributed by atoms with van der Waals surface area (Å²) in [5.41, 5.74) is 1.62. The van der Waals surface area contributed by atoms with Crippen LogP contribution >= 0.6 is 22.9 Å². The molecule has 128 valence electrons. The lowest BCUT2D eigenvalue weighted by atomic mass is 10.2. The average Bonchev–Trinajstić information content (AvgIpc) is 2.87. The molecule has 0 unspecified atom stereocenters. The lowest BCUT2D eigenvalue weighted by Crippen LogP contribution is -2.19. The quantitative estimate of drug-likeness (QED) is 0.776. The number of esters is 1. The van der Waals surface area contributed by atoms with Crippen LogP contribution in [-0.4, -0.2) is 25.1 Å². The number of hydrogen-bond acceptors (Lipinski definition) is 5. The van der Waals surface area contributed by atoms with Crippen molar-refractivity contribution in [3.05, 3.63) is 45.3 Å². The van der Waals surface area contributed by atoms with Gasteiger partial charge in [0.2, 0.25) is 0 Å². The Bertz CT molecular complexity index is 757. The fourth-order valence-electron chi connectivity index (χ4n) is 2.03. The number of rotatable bonds is 6. The summed E-state index contributed by atoms with van der Waals surface area (Å²) < 4.78 is 10.5. The summed E-state index contributed by atoms with van der Waals surface area (Å²) in [5, 5.41) is 3.92. The van der Waals surface area contributed by atoms with Crippen molar-refractivity contribution < 1.29 is 19.1 Å². The van der Waals surface area contributed by atoms with Crippen LogP contribution in [0.5, 0.6) is 5.75 Å². The van der Waals surface area contributed by atoms with E-state index in [0.717, 1.165) is 11.1 Å². The maximum atomic E-state index is 12.0. The molecule has 0 bridgehead atoms. The van der Waals surface area contributed by atoms with E-state index in [1.54, 1.807) is 38.1 Å². The van der Waals surface area contributed by atoms with E-state index in [2.05, 4.69) is 5.32 Å². The molecule has 5 nitrogen and oxygen atoms in total. The summed E-state index contributed by atoms with van der Waals surface area (Å²) in [5.74, 6) is -0.0846. The molecule has 0 radical (unpaired) electrons. The Hall–Kier alpha value is -2.05. The molecule has 1 amide bonds. The fraction of sp³-hybridized carbons (Fsp3) is 0.294. The topological polar surface area (TPSA) is 64.6 Å². The first-order chi connectivity index (χ1) is 11.4. The highest BCUT2D eigenvalue weighted by Crippen LogP contribution is 2.27. The zero-order chi connectivity index (χ0) is 17.7. The molecule has 2 aromatic rings. The van der Waals surface area contributed by atoms with Crippen molar-refractivity contribution in [3.8, 4) is 5.75 Å². The van der Waals surface area contributed by atoms with Gasteiger partial charge in [0.25, 0.3) is 5.91 Å². The number of anilines is 1. The van der Waals surface area contributed by atoms with E-state index in [1.807, 2.05) is 6.92 Å². The van der Waals surface area contributed by atoms with Crippen LogP contribution in [0.2, 0.25) is 5.02 Å². The maximum absolute atomic E-state index is 12.0. The molecule has 0 spiro atoms. The number of halogens is 1. The van der Waals surface area contributed by atoms with Gasteiger partial charge >= 0.3 is 5.97 Å². The number of ether oxygens (including phenoxy) is 2. The van der Waals surface area contributed by atoms with Gasteiger partial charge in [-0.05, 0) is 56.2 Å². The molecule has 0 aliphatic rings. The molecule has 0 saturated heterocycles. The number of aryl methyl sites for hydroxylation is 2. The van der Waals surface area contributed by atoms with Crippen LogP contribution in [0.4, 0.5) is 5.00 Å². The van der Waals surface area contributed by atoms with Crippen LogP contribution in [0.15, 0.2) is 24.3 Å². The number of benzene rings is 1. The van der Waals surface area contributed by atoms with Crippen molar-refractivity contribution in [2.45, 2.75) is 20.8 Å². The van der Waals surface area contributed by atoms with Gasteiger partial charge in [-0.2, -0.15) is 0 Å². The molecule has 1 aromatic carbocycles. The lowest BCUT2D eigenvalue weighted by molar-refractivity contribution is -0.118. The molecular weight excluding hydrogens is 350 g/mol. The fourth-order valence-corrected chi connectivity index (χ4v) is 3.24. The summed E-state index contributed by atoms with van der Waals surface area (Å²) in [6.07, 6.45) is 0. The second-order valence-electron chi connectivity index (χ2n) is 5.09. The van der Waals surface area contributed by atoms with Gasteiger partial charge in [0, 0.05) is 5.02 Å². The van der Waals surface area contributed by atoms with E-state index in [-0.39, 0.29) is 18.5 Å². The molecule has 0 fully saturated rings. The van der Waals surface area contributed by atoms with Gasteiger partial charge in [-0.1, -0.05) is 11.6 Å². The van der Waals surface area contributed by atoms with Crippen LogP contribution in [0.25, 0.3) is 0 Å². The number of carbonyl (C=O) groups excluding carboxylic acids is 2. The third kappa shape index (κ3) is 4.72. The van der Waals surface area contributed by atoms with Crippen molar-refractivity contribution in [1.29, 1.82) is 0 Å². The third-order valence-electron chi connectivity index (χ3n) is 3.14. The van der Waals surface area contributed by atoms with Gasteiger partial charge in [-0.25, -0.2) is 4.79 Å². The van der Waals surface area contributed by atoms with Crippen LogP contribution in [0.1, 0.15) is 27.7 Å². The summed E-state index contributed by atoms with van der Waals surface area (Å²) >= 11 is 7.06. The minimum absolute atomic E-state index is 0.131. The molecule has 0 aliphatic carbocycles. The minimum Gasteiger partial charge on any atom is -0.483 e. The first-order valence-corrected chi connectivity index (χ1v) is 8.56. The SMILES string of the molecule is CCOC(=O)c1sc(NC(=O)COc2ccc(Cl)cc2C)cc1C. The first-order valence-electron chi connectivity index (χ1n) is 7.37. The van der Waals surface area contributed by atoms with Gasteiger partial charge < -0.3 is 14.8 Å². The number of hydrogen-bond donors (Lipinski definition) is 1. The Morgan fingerprint density at radius 2 is 1.96 bits per heavy atom. The van der Waals surface area contributed by atoms with Gasteiger partial charge in [-0.3, -0.25) is 4.79 Å². The molecule has 7 heteroatoms. The smallest absolute Gasteiger partial charge is 0.348 e. The molecule has 0 saturated carbocycles. The van der Waals surface area contributed by atoms with E-state index in [1.165, 1.54) is 11.3 Å². The van der Waals surface area contributed by atoms with Crippen molar-refractivity contribution in [2.24, 2.45) is 0 Å². The Morgan fingerprint density at radius 1 is 1.21 bits per heavy atom. The normalized spacial score (nSPS) is 10.3. The van der Waals surface area contributed by atoms with Crippen molar-refractivity contribution in [1.82, 2.24) is 0 Å². The summed E-state index contributed by atoms with van der Waals surface area (Å²) in [7, 11) is 0. The number of amides is 1. The van der Waals surface area contributed by atoms with Gasteiger partial charge in [0.15, 0.2) is 6.61 Å². The average molecular weight is 368 g/mol. The number of carbonyl (C=O) groups is 2. The Morgan fingerprint density at radius 3 is 2.62 bits per heavy atom. The van der Waals surface area contributed by atoms with Crippen LogP contribution in [0, 0.1) is 13.8 Å². The van der Waals surface area contributed by atoms with Gasteiger partial charge in [0.05, 0.1) is 11.6 Å². The van der Waals surface area contributed by atoms with Crippen LogP contribution < -0.4 is 10.1 Å². The molecule has 0 atom stereocenters. The van der Waals surface area contributed by atoms with Crippen LogP contribution in [0.3, 0.4) is 0 Å². The molecule has 24 heavy (non-hydrogen) atoms. The number of nitrogens with one attached hydrogen (secondary N) is 1. The highest BCUT2D eigenvalue weighted by molar-refractivity contribution is 7.18. The third-order valence-corrected chi connectivity index (χ3v) is 4.50. The molecular formula is C17H18ClNO4S. The summed E-state index contributed by atoms with van der Waals surface area (Å²) in [6, 6.07) is 6.93. The van der Waals surface area contributed by atoms with E-state index in [4.69, 9.17) is 21.1 Å². The van der Waals surface area contributed by atoms with Gasteiger partial charge in [-0.15, -0.1) is 11.3 Å². The zero-order valence-corrected chi connectivity index (χ0v) is 15.2. The standard InChI is InChI=1S/C17H18ClNO4S/c1-4-22-17(21)16-11(3)8-15(24-16)19-14(20)9-23-13-6-5-12(18)7-10(13)2/h5-8H,4,9H2,1-3H3,(H,19,20). The van der Waals surface area contributed by atoms with E-state index >= 15 is 0 Å². The highest BCUT2D eigenvalue weighted by Gasteiger charge is 2.16. The predicted molar refractivity (Wildman–Crippen MR) is 95.3 cm³/mol. The van der Waals surface area contributed by atoms with E-state index < -0.39 is 0 Å². The first kappa shape index (κ1) is 18.3. The van der Waals surface area contributed by atoms with Crippen molar-refractivity contribution in [2.75, 3.05) is 18.5 Å². The van der Waals surface area contributed by atoms with Crippen molar-refractivity contribution >= 4 is 39.8 Å². The van der Waals surface area contributed by atoms with Crippen LogP contribution in [-0.2, 0) is 9.53 Å². The van der Waals surface area contributed by atoms with Gasteiger partial charge in [0.1, 0.15) is 10.6 Å². The van der Waals surface area contributed by atoms with E-state index in [9.17, 15) is 9.59 Å². The second kappa shape index (κ2) is 8.17. The predicted octanol–water partition coefficient (Wildman–Crippen LogP) is 4.21.